The third kappa shape index (κ3) is 5.55. The Morgan fingerprint density at radius 1 is 1.67 bits per heavy atom. The SMILES string of the molecule is CCS(=O)CCNC(=O)C(C)Cl. The molecule has 0 fully saturated rings. The molecule has 12 heavy (non-hydrogen) atoms. The maximum absolute atomic E-state index is 10.9. The van der Waals surface area contributed by atoms with Gasteiger partial charge in [-0.3, -0.25) is 9.00 Å². The standard InChI is InChI=1S/C7H14ClNO2S/c1-3-12(11)5-4-9-7(10)6(2)8/h6H,3-5H2,1-2H3,(H,9,10). The van der Waals surface area contributed by atoms with Gasteiger partial charge in [-0.15, -0.1) is 11.6 Å². The van der Waals surface area contributed by atoms with Crippen LogP contribution in [0.2, 0.25) is 0 Å². The van der Waals surface area contributed by atoms with Gasteiger partial charge in [0.25, 0.3) is 0 Å². The molecule has 5 heteroatoms. The molecule has 0 bridgehead atoms. The Labute approximate surface area is 80.3 Å². The van der Waals surface area contributed by atoms with Gasteiger partial charge in [0.1, 0.15) is 5.38 Å². The van der Waals surface area contributed by atoms with E-state index >= 15 is 0 Å². The van der Waals surface area contributed by atoms with Gasteiger partial charge in [-0.25, -0.2) is 0 Å². The maximum atomic E-state index is 10.9. The van der Waals surface area contributed by atoms with Crippen LogP contribution < -0.4 is 5.32 Å². The van der Waals surface area contributed by atoms with E-state index in [4.69, 9.17) is 11.6 Å². The molecule has 1 N–H and O–H groups in total. The van der Waals surface area contributed by atoms with Gasteiger partial charge in [-0.05, 0) is 6.92 Å². The van der Waals surface area contributed by atoms with Crippen LogP contribution in [0.15, 0.2) is 0 Å². The van der Waals surface area contributed by atoms with Crippen LogP contribution in [0.3, 0.4) is 0 Å². The lowest BCUT2D eigenvalue weighted by Crippen LogP contribution is -2.32. The van der Waals surface area contributed by atoms with Gasteiger partial charge in [0, 0.05) is 28.9 Å². The third-order valence-electron chi connectivity index (χ3n) is 1.31. The number of carbonyl (C=O) groups is 1. The van der Waals surface area contributed by atoms with Crippen LogP contribution >= 0.6 is 11.6 Å². The Balaban J connectivity index is 3.44. The molecular weight excluding hydrogens is 198 g/mol. The highest BCUT2D eigenvalue weighted by Crippen LogP contribution is 1.91. The Morgan fingerprint density at radius 3 is 2.67 bits per heavy atom. The van der Waals surface area contributed by atoms with E-state index in [0.29, 0.717) is 18.1 Å². The second kappa shape index (κ2) is 6.43. The average Bonchev–Trinajstić information content (AvgIpc) is 2.03. The average molecular weight is 212 g/mol. The molecule has 0 aliphatic rings. The van der Waals surface area contributed by atoms with Crippen LogP contribution in [0, 0.1) is 0 Å². The lowest BCUT2D eigenvalue weighted by atomic mass is 10.4. The van der Waals surface area contributed by atoms with Gasteiger partial charge in [0.2, 0.25) is 5.91 Å². The van der Waals surface area contributed by atoms with Gasteiger partial charge < -0.3 is 5.32 Å². The molecule has 0 aliphatic heterocycles. The summed E-state index contributed by atoms with van der Waals surface area (Å²) < 4.78 is 10.9. The number of hydrogen-bond acceptors (Lipinski definition) is 2. The monoisotopic (exact) mass is 211 g/mol. The minimum atomic E-state index is -0.814. The van der Waals surface area contributed by atoms with E-state index in [-0.39, 0.29) is 5.91 Å². The molecular formula is C7H14ClNO2S. The summed E-state index contributed by atoms with van der Waals surface area (Å²) in [4.78, 5) is 10.9. The van der Waals surface area contributed by atoms with E-state index in [1.54, 1.807) is 6.92 Å². The van der Waals surface area contributed by atoms with E-state index in [0.717, 1.165) is 0 Å². The Bertz CT molecular complexity index is 173. The largest absolute Gasteiger partial charge is 0.354 e. The number of rotatable bonds is 5. The molecule has 72 valence electrons. The first kappa shape index (κ1) is 11.9. The van der Waals surface area contributed by atoms with Crippen molar-refractivity contribution in [2.24, 2.45) is 0 Å². The number of carbonyl (C=O) groups excluding carboxylic acids is 1. The fourth-order valence-corrected chi connectivity index (χ4v) is 1.27. The fraction of sp³-hybridized carbons (Fsp3) is 0.857. The van der Waals surface area contributed by atoms with E-state index in [1.165, 1.54) is 0 Å². The molecule has 2 atom stereocenters. The van der Waals surface area contributed by atoms with Gasteiger partial charge in [0.15, 0.2) is 0 Å². The smallest absolute Gasteiger partial charge is 0.237 e. The zero-order valence-electron chi connectivity index (χ0n) is 7.30. The highest BCUT2D eigenvalue weighted by molar-refractivity contribution is 7.84. The summed E-state index contributed by atoms with van der Waals surface area (Å²) in [5.74, 6) is 0.933. The Kier molecular flexibility index (Phi) is 6.38. The van der Waals surface area contributed by atoms with Crippen molar-refractivity contribution in [2.75, 3.05) is 18.1 Å². The molecule has 0 saturated carbocycles. The van der Waals surface area contributed by atoms with E-state index in [1.807, 2.05) is 6.92 Å². The lowest BCUT2D eigenvalue weighted by molar-refractivity contribution is -0.120. The van der Waals surface area contributed by atoms with Crippen LogP contribution in [0.25, 0.3) is 0 Å². The molecule has 0 aromatic heterocycles. The molecule has 0 spiro atoms. The van der Waals surface area contributed by atoms with Gasteiger partial charge in [0.05, 0.1) is 0 Å². The van der Waals surface area contributed by atoms with Gasteiger partial charge >= 0.3 is 0 Å². The summed E-state index contributed by atoms with van der Waals surface area (Å²) in [5, 5.41) is 2.07. The van der Waals surface area contributed by atoms with Crippen LogP contribution in [-0.2, 0) is 15.6 Å². The maximum Gasteiger partial charge on any atom is 0.237 e. The first-order valence-corrected chi connectivity index (χ1v) is 5.77. The minimum Gasteiger partial charge on any atom is -0.354 e. The van der Waals surface area contributed by atoms with E-state index in [2.05, 4.69) is 5.32 Å². The van der Waals surface area contributed by atoms with Crippen LogP contribution in [0.4, 0.5) is 0 Å². The number of alkyl halides is 1. The molecule has 1 amide bonds. The summed E-state index contributed by atoms with van der Waals surface area (Å²) in [7, 11) is -0.814. The fourth-order valence-electron chi connectivity index (χ4n) is 0.573. The van der Waals surface area contributed by atoms with Crippen molar-refractivity contribution in [1.82, 2.24) is 5.32 Å². The van der Waals surface area contributed by atoms with E-state index < -0.39 is 16.2 Å². The third-order valence-corrected chi connectivity index (χ3v) is 2.81. The second-order valence-electron chi connectivity index (χ2n) is 2.34. The van der Waals surface area contributed by atoms with Gasteiger partial charge in [-0.1, -0.05) is 6.92 Å². The summed E-state index contributed by atoms with van der Waals surface area (Å²) >= 11 is 5.49. The summed E-state index contributed by atoms with van der Waals surface area (Å²) in [6.45, 7) is 3.89. The number of hydrogen-bond donors (Lipinski definition) is 1. The molecule has 0 saturated heterocycles. The Morgan fingerprint density at radius 2 is 2.25 bits per heavy atom. The highest BCUT2D eigenvalue weighted by atomic mass is 35.5. The number of halogens is 1. The second-order valence-corrected chi connectivity index (χ2v) is 4.86. The van der Waals surface area contributed by atoms with Crippen molar-refractivity contribution in [3.8, 4) is 0 Å². The lowest BCUT2D eigenvalue weighted by Gasteiger charge is -2.04. The zero-order valence-corrected chi connectivity index (χ0v) is 8.87. The first-order chi connectivity index (χ1) is 5.57. The van der Waals surface area contributed by atoms with Gasteiger partial charge in [-0.2, -0.15) is 0 Å². The van der Waals surface area contributed by atoms with Crippen LogP contribution in [0.5, 0.6) is 0 Å². The van der Waals surface area contributed by atoms with Crippen molar-refractivity contribution in [3.63, 3.8) is 0 Å². The number of nitrogens with one attached hydrogen (secondary N) is 1. The predicted octanol–water partition coefficient (Wildman–Crippen LogP) is 0.498. The van der Waals surface area contributed by atoms with Crippen LogP contribution in [0.1, 0.15) is 13.8 Å². The van der Waals surface area contributed by atoms with E-state index in [9.17, 15) is 9.00 Å². The molecule has 2 unspecified atom stereocenters. The summed E-state index contributed by atoms with van der Waals surface area (Å²) in [6.07, 6.45) is 0. The summed E-state index contributed by atoms with van der Waals surface area (Å²) in [5.41, 5.74) is 0. The quantitative estimate of drug-likeness (QED) is 0.674. The van der Waals surface area contributed by atoms with Crippen LogP contribution in [-0.4, -0.2) is 33.5 Å². The van der Waals surface area contributed by atoms with Crippen molar-refractivity contribution in [2.45, 2.75) is 19.2 Å². The normalized spacial score (nSPS) is 15.2. The highest BCUT2D eigenvalue weighted by Gasteiger charge is 2.07. The van der Waals surface area contributed by atoms with Crippen molar-refractivity contribution >= 4 is 28.3 Å². The zero-order chi connectivity index (χ0) is 9.56. The molecule has 0 heterocycles. The molecule has 0 radical (unpaired) electrons. The predicted molar refractivity (Wildman–Crippen MR) is 51.9 cm³/mol. The minimum absolute atomic E-state index is 0.204. The molecule has 3 nitrogen and oxygen atoms in total. The van der Waals surface area contributed by atoms with Crippen molar-refractivity contribution in [3.05, 3.63) is 0 Å². The summed E-state index contributed by atoms with van der Waals surface area (Å²) in [6, 6.07) is 0. The topological polar surface area (TPSA) is 46.2 Å². The molecule has 0 aromatic rings. The Hall–Kier alpha value is -0.0900. The van der Waals surface area contributed by atoms with Crippen molar-refractivity contribution < 1.29 is 9.00 Å². The van der Waals surface area contributed by atoms with Crippen molar-refractivity contribution in [1.29, 1.82) is 0 Å². The first-order valence-electron chi connectivity index (χ1n) is 3.84. The molecule has 0 aromatic carbocycles. The molecule has 0 rings (SSSR count). The number of amides is 1. The molecule has 0 aliphatic carbocycles.